The van der Waals surface area contributed by atoms with Crippen LogP contribution in [0, 0.1) is 0 Å². The Morgan fingerprint density at radius 2 is 2.29 bits per heavy atom. The lowest BCUT2D eigenvalue weighted by atomic mass is 10.2. The van der Waals surface area contributed by atoms with E-state index in [0.717, 1.165) is 38.1 Å². The monoisotopic (exact) mass is 235 g/mol. The van der Waals surface area contributed by atoms with Crippen LogP contribution in [0.15, 0.2) is 22.8 Å². The van der Waals surface area contributed by atoms with Crippen LogP contribution in [0.1, 0.15) is 31.4 Å². The van der Waals surface area contributed by atoms with Crippen molar-refractivity contribution in [1.29, 1.82) is 0 Å². The third kappa shape index (κ3) is 2.36. The fraction of sp³-hybridized carbons (Fsp3) is 0.615. The molecule has 1 aromatic rings. The van der Waals surface area contributed by atoms with Gasteiger partial charge >= 0.3 is 0 Å². The zero-order chi connectivity index (χ0) is 11.7. The molecular formula is C13H17NO3. The summed E-state index contributed by atoms with van der Waals surface area (Å²) in [5, 5.41) is 0. The Balaban J connectivity index is 1.68. The summed E-state index contributed by atoms with van der Waals surface area (Å²) in [6.07, 6.45) is 5.51. The third-order valence-corrected chi connectivity index (χ3v) is 3.38. The highest BCUT2D eigenvalue weighted by molar-refractivity contribution is 5.81. The number of hydrogen-bond acceptors (Lipinski definition) is 3. The first-order valence-electron chi connectivity index (χ1n) is 6.29. The maximum absolute atomic E-state index is 12.3. The first kappa shape index (κ1) is 10.8. The van der Waals surface area contributed by atoms with Gasteiger partial charge in [0, 0.05) is 12.6 Å². The SMILES string of the molecule is O=C(C1CCCO1)N(Cc1ccco1)C1CC1. The molecule has 92 valence electrons. The molecule has 0 aromatic carbocycles. The van der Waals surface area contributed by atoms with Crippen LogP contribution in [0.4, 0.5) is 0 Å². The molecule has 1 amide bonds. The lowest BCUT2D eigenvalue weighted by Gasteiger charge is -2.24. The van der Waals surface area contributed by atoms with Crippen molar-refractivity contribution in [1.82, 2.24) is 4.90 Å². The molecule has 2 fully saturated rings. The van der Waals surface area contributed by atoms with Crippen LogP contribution in [0.5, 0.6) is 0 Å². The van der Waals surface area contributed by atoms with E-state index >= 15 is 0 Å². The van der Waals surface area contributed by atoms with Crippen molar-refractivity contribution in [2.75, 3.05) is 6.61 Å². The number of carbonyl (C=O) groups is 1. The molecule has 1 aromatic heterocycles. The van der Waals surface area contributed by atoms with Gasteiger partial charge in [0.15, 0.2) is 0 Å². The molecule has 3 rings (SSSR count). The highest BCUT2D eigenvalue weighted by atomic mass is 16.5. The highest BCUT2D eigenvalue weighted by Crippen LogP contribution is 2.30. The third-order valence-electron chi connectivity index (χ3n) is 3.38. The normalized spacial score (nSPS) is 23.9. The zero-order valence-electron chi connectivity index (χ0n) is 9.80. The minimum atomic E-state index is -0.217. The van der Waals surface area contributed by atoms with Crippen molar-refractivity contribution < 1.29 is 13.9 Å². The molecule has 2 aliphatic rings. The quantitative estimate of drug-likeness (QED) is 0.801. The Morgan fingerprint density at radius 3 is 2.88 bits per heavy atom. The maximum atomic E-state index is 12.3. The Bertz CT molecular complexity index is 377. The topological polar surface area (TPSA) is 42.7 Å². The number of amides is 1. The van der Waals surface area contributed by atoms with Gasteiger partial charge in [-0.15, -0.1) is 0 Å². The summed E-state index contributed by atoms with van der Waals surface area (Å²) < 4.78 is 10.8. The summed E-state index contributed by atoms with van der Waals surface area (Å²) in [6.45, 7) is 1.30. The summed E-state index contributed by atoms with van der Waals surface area (Å²) in [5.74, 6) is 0.990. The average molecular weight is 235 g/mol. The van der Waals surface area contributed by atoms with E-state index in [0.29, 0.717) is 12.6 Å². The molecule has 0 bridgehead atoms. The molecule has 2 heterocycles. The van der Waals surface area contributed by atoms with Gasteiger partial charge in [-0.2, -0.15) is 0 Å². The minimum Gasteiger partial charge on any atom is -0.467 e. The molecule has 1 saturated carbocycles. The smallest absolute Gasteiger partial charge is 0.252 e. The predicted octanol–water partition coefficient (Wildman–Crippen LogP) is 1.95. The van der Waals surface area contributed by atoms with Gasteiger partial charge in [-0.05, 0) is 37.8 Å². The van der Waals surface area contributed by atoms with Gasteiger partial charge in [-0.3, -0.25) is 4.79 Å². The van der Waals surface area contributed by atoms with Crippen molar-refractivity contribution in [2.24, 2.45) is 0 Å². The van der Waals surface area contributed by atoms with Gasteiger partial charge in [0.2, 0.25) is 0 Å². The lowest BCUT2D eigenvalue weighted by molar-refractivity contribution is -0.142. The first-order chi connectivity index (χ1) is 8.34. The molecule has 0 radical (unpaired) electrons. The Hall–Kier alpha value is -1.29. The van der Waals surface area contributed by atoms with Crippen LogP contribution in [0.2, 0.25) is 0 Å². The van der Waals surface area contributed by atoms with Crippen molar-refractivity contribution in [3.63, 3.8) is 0 Å². The molecule has 17 heavy (non-hydrogen) atoms. The molecule has 1 saturated heterocycles. The van der Waals surface area contributed by atoms with Crippen LogP contribution in [-0.2, 0) is 16.1 Å². The number of ether oxygens (including phenoxy) is 1. The molecule has 0 N–H and O–H groups in total. The number of carbonyl (C=O) groups excluding carboxylic acids is 1. The minimum absolute atomic E-state index is 0.140. The van der Waals surface area contributed by atoms with Gasteiger partial charge in [0.1, 0.15) is 11.9 Å². The van der Waals surface area contributed by atoms with Crippen LogP contribution in [0.3, 0.4) is 0 Å². The molecule has 1 atom stereocenters. The van der Waals surface area contributed by atoms with E-state index in [9.17, 15) is 4.79 Å². The highest BCUT2D eigenvalue weighted by Gasteiger charge is 2.37. The second kappa shape index (κ2) is 4.53. The van der Waals surface area contributed by atoms with E-state index in [1.807, 2.05) is 17.0 Å². The summed E-state index contributed by atoms with van der Waals surface area (Å²) in [5.41, 5.74) is 0. The standard InChI is InChI=1S/C13H17NO3/c15-13(12-4-2-8-17-12)14(10-5-6-10)9-11-3-1-7-16-11/h1,3,7,10,12H,2,4-6,8-9H2. The largest absolute Gasteiger partial charge is 0.467 e. The Morgan fingerprint density at radius 1 is 1.41 bits per heavy atom. The summed E-state index contributed by atoms with van der Waals surface area (Å²) in [4.78, 5) is 14.2. The molecule has 0 spiro atoms. The summed E-state index contributed by atoms with van der Waals surface area (Å²) >= 11 is 0. The van der Waals surface area contributed by atoms with Gasteiger partial charge in [0.25, 0.3) is 5.91 Å². The molecule has 1 aliphatic heterocycles. The van der Waals surface area contributed by atoms with Crippen LogP contribution < -0.4 is 0 Å². The average Bonchev–Trinajstić information content (AvgIpc) is 2.86. The number of hydrogen-bond donors (Lipinski definition) is 0. The lowest BCUT2D eigenvalue weighted by Crippen LogP contribution is -2.39. The van der Waals surface area contributed by atoms with E-state index in [2.05, 4.69) is 0 Å². The predicted molar refractivity (Wildman–Crippen MR) is 61.3 cm³/mol. The molecule has 1 unspecified atom stereocenters. The number of rotatable bonds is 4. The number of nitrogens with zero attached hydrogens (tertiary/aromatic N) is 1. The number of furan rings is 1. The maximum Gasteiger partial charge on any atom is 0.252 e. The fourth-order valence-corrected chi connectivity index (χ4v) is 2.30. The Labute approximate surface area is 101 Å². The van der Waals surface area contributed by atoms with Crippen LogP contribution >= 0.6 is 0 Å². The van der Waals surface area contributed by atoms with E-state index in [1.165, 1.54) is 0 Å². The van der Waals surface area contributed by atoms with Crippen LogP contribution in [0.25, 0.3) is 0 Å². The first-order valence-corrected chi connectivity index (χ1v) is 6.29. The van der Waals surface area contributed by atoms with Crippen molar-refractivity contribution in [2.45, 2.75) is 44.4 Å². The van der Waals surface area contributed by atoms with Crippen molar-refractivity contribution >= 4 is 5.91 Å². The molecule has 4 heteroatoms. The van der Waals surface area contributed by atoms with Gasteiger partial charge in [-0.25, -0.2) is 0 Å². The van der Waals surface area contributed by atoms with E-state index in [-0.39, 0.29) is 12.0 Å². The Kier molecular flexibility index (Phi) is 2.89. The molecule has 1 aliphatic carbocycles. The van der Waals surface area contributed by atoms with E-state index < -0.39 is 0 Å². The van der Waals surface area contributed by atoms with E-state index in [4.69, 9.17) is 9.15 Å². The fourth-order valence-electron chi connectivity index (χ4n) is 2.30. The van der Waals surface area contributed by atoms with Gasteiger partial charge in [-0.1, -0.05) is 0 Å². The molecular weight excluding hydrogens is 218 g/mol. The van der Waals surface area contributed by atoms with Crippen molar-refractivity contribution in [3.05, 3.63) is 24.2 Å². The summed E-state index contributed by atoms with van der Waals surface area (Å²) in [7, 11) is 0. The summed E-state index contributed by atoms with van der Waals surface area (Å²) in [6, 6.07) is 4.17. The van der Waals surface area contributed by atoms with Gasteiger partial charge in [0.05, 0.1) is 12.8 Å². The zero-order valence-corrected chi connectivity index (χ0v) is 9.80. The molecule has 4 nitrogen and oxygen atoms in total. The van der Waals surface area contributed by atoms with E-state index in [1.54, 1.807) is 6.26 Å². The second-order valence-corrected chi connectivity index (χ2v) is 4.78. The van der Waals surface area contributed by atoms with Crippen molar-refractivity contribution in [3.8, 4) is 0 Å². The second-order valence-electron chi connectivity index (χ2n) is 4.78. The van der Waals surface area contributed by atoms with Crippen LogP contribution in [-0.4, -0.2) is 29.6 Å². The van der Waals surface area contributed by atoms with Gasteiger partial charge < -0.3 is 14.1 Å².